The highest BCUT2D eigenvalue weighted by Gasteiger charge is 2.23. The van der Waals surface area contributed by atoms with E-state index in [0.29, 0.717) is 28.9 Å². The maximum absolute atomic E-state index is 12.2. The van der Waals surface area contributed by atoms with Gasteiger partial charge in [-0.3, -0.25) is 25.3 Å². The summed E-state index contributed by atoms with van der Waals surface area (Å²) < 4.78 is 10.3. The summed E-state index contributed by atoms with van der Waals surface area (Å²) in [5.74, 6) is 1.52. The topological polar surface area (TPSA) is 79.9 Å². The molecule has 1 heterocycles. The Labute approximate surface area is 148 Å². The van der Waals surface area contributed by atoms with Gasteiger partial charge in [-0.1, -0.05) is 13.8 Å². The molecule has 1 aliphatic heterocycles. The molecule has 1 aliphatic rings. The van der Waals surface area contributed by atoms with Crippen LogP contribution in [0.3, 0.4) is 0 Å². The average Bonchev–Trinajstić information content (AvgIpc) is 2.58. The van der Waals surface area contributed by atoms with E-state index in [9.17, 15) is 9.59 Å². The average molecular weight is 349 g/mol. The Morgan fingerprint density at radius 3 is 2.32 bits per heavy atom. The van der Waals surface area contributed by atoms with E-state index in [-0.39, 0.29) is 12.5 Å². The molecule has 138 valence electrons. The van der Waals surface area contributed by atoms with Crippen molar-refractivity contribution in [1.82, 2.24) is 15.8 Å². The van der Waals surface area contributed by atoms with Gasteiger partial charge in [-0.2, -0.15) is 0 Å². The molecular weight excluding hydrogens is 322 g/mol. The van der Waals surface area contributed by atoms with E-state index in [1.807, 2.05) is 0 Å². The fraction of sp³-hybridized carbons (Fsp3) is 0.556. The Bertz CT molecular complexity index is 610. The lowest BCUT2D eigenvalue weighted by Gasteiger charge is -2.34. The third-order valence-corrected chi connectivity index (χ3v) is 4.27. The lowest BCUT2D eigenvalue weighted by Crippen LogP contribution is -2.49. The number of carbonyl (C=O) groups is 2. The number of benzene rings is 1. The van der Waals surface area contributed by atoms with Crippen molar-refractivity contribution in [3.63, 3.8) is 0 Å². The van der Waals surface area contributed by atoms with Crippen LogP contribution in [0.2, 0.25) is 0 Å². The van der Waals surface area contributed by atoms with Gasteiger partial charge in [0.15, 0.2) is 11.5 Å². The van der Waals surface area contributed by atoms with Crippen molar-refractivity contribution in [1.29, 1.82) is 0 Å². The number of piperidine rings is 1. The van der Waals surface area contributed by atoms with Crippen LogP contribution >= 0.6 is 0 Å². The summed E-state index contributed by atoms with van der Waals surface area (Å²) in [4.78, 5) is 26.4. The van der Waals surface area contributed by atoms with Gasteiger partial charge in [-0.25, -0.2) is 0 Å². The van der Waals surface area contributed by atoms with Gasteiger partial charge in [-0.05, 0) is 36.5 Å². The van der Waals surface area contributed by atoms with Crippen LogP contribution in [0.4, 0.5) is 0 Å². The predicted molar refractivity (Wildman–Crippen MR) is 94.5 cm³/mol. The molecule has 2 atom stereocenters. The van der Waals surface area contributed by atoms with Crippen molar-refractivity contribution >= 4 is 11.8 Å². The Kier molecular flexibility index (Phi) is 6.64. The summed E-state index contributed by atoms with van der Waals surface area (Å²) in [6, 6.07) is 4.82. The zero-order valence-electron chi connectivity index (χ0n) is 15.3. The fourth-order valence-corrected chi connectivity index (χ4v) is 3.34. The van der Waals surface area contributed by atoms with Crippen molar-refractivity contribution < 1.29 is 19.1 Å². The van der Waals surface area contributed by atoms with Crippen molar-refractivity contribution in [2.45, 2.75) is 20.3 Å². The number of likely N-dealkylation sites (tertiary alicyclic amines) is 1. The number of ether oxygens (including phenoxy) is 2. The molecule has 0 spiro atoms. The van der Waals surface area contributed by atoms with E-state index in [0.717, 1.165) is 13.1 Å². The standard InChI is InChI=1S/C18H27N3O4/c1-12-7-13(2)10-21(9-12)11-17(22)19-20-18(23)14-5-6-15(24-3)16(8-14)25-4/h5-6,8,12-13H,7,9-11H2,1-4H3,(H,19,22)(H,20,23)/t12-,13-/m0/s1. The molecule has 1 aromatic carbocycles. The van der Waals surface area contributed by atoms with E-state index >= 15 is 0 Å². The number of nitrogens with one attached hydrogen (secondary N) is 2. The molecule has 0 unspecified atom stereocenters. The van der Waals surface area contributed by atoms with E-state index in [4.69, 9.17) is 9.47 Å². The SMILES string of the molecule is COc1ccc(C(=O)NNC(=O)CN2C[C@@H](C)C[C@H](C)C2)cc1OC. The summed E-state index contributed by atoms with van der Waals surface area (Å²) in [7, 11) is 3.03. The van der Waals surface area contributed by atoms with Gasteiger partial charge in [-0.15, -0.1) is 0 Å². The van der Waals surface area contributed by atoms with Crippen LogP contribution < -0.4 is 20.3 Å². The summed E-state index contributed by atoms with van der Waals surface area (Å²) in [6.07, 6.45) is 1.19. The Morgan fingerprint density at radius 1 is 1.08 bits per heavy atom. The third kappa shape index (κ3) is 5.35. The molecule has 0 saturated carbocycles. The van der Waals surface area contributed by atoms with Crippen LogP contribution in [0.1, 0.15) is 30.6 Å². The molecule has 2 N–H and O–H groups in total. The first-order chi connectivity index (χ1) is 11.9. The molecule has 0 aliphatic carbocycles. The largest absolute Gasteiger partial charge is 0.493 e. The van der Waals surface area contributed by atoms with Gasteiger partial charge >= 0.3 is 0 Å². The summed E-state index contributed by atoms with van der Waals surface area (Å²) >= 11 is 0. The fourth-order valence-electron chi connectivity index (χ4n) is 3.34. The van der Waals surface area contributed by atoms with Crippen LogP contribution in [0.25, 0.3) is 0 Å². The minimum absolute atomic E-state index is 0.227. The number of hydrogen-bond acceptors (Lipinski definition) is 5. The lowest BCUT2D eigenvalue weighted by molar-refractivity contribution is -0.123. The summed E-state index contributed by atoms with van der Waals surface area (Å²) in [6.45, 7) is 6.47. The molecule has 25 heavy (non-hydrogen) atoms. The number of hydrogen-bond donors (Lipinski definition) is 2. The van der Waals surface area contributed by atoms with Crippen LogP contribution in [0.5, 0.6) is 11.5 Å². The van der Waals surface area contributed by atoms with Crippen LogP contribution in [0.15, 0.2) is 18.2 Å². The first-order valence-corrected chi connectivity index (χ1v) is 8.46. The first-order valence-electron chi connectivity index (χ1n) is 8.46. The molecule has 0 bridgehead atoms. The van der Waals surface area contributed by atoms with Gasteiger partial charge < -0.3 is 9.47 Å². The number of amides is 2. The van der Waals surface area contributed by atoms with Gasteiger partial charge in [0.1, 0.15) is 0 Å². The Hall–Kier alpha value is -2.28. The molecule has 7 heteroatoms. The number of methoxy groups -OCH3 is 2. The van der Waals surface area contributed by atoms with Gasteiger partial charge in [0, 0.05) is 18.7 Å². The normalized spacial score (nSPS) is 20.6. The monoisotopic (exact) mass is 349 g/mol. The van der Waals surface area contributed by atoms with Gasteiger partial charge in [0.2, 0.25) is 0 Å². The second kappa shape index (κ2) is 8.71. The van der Waals surface area contributed by atoms with Crippen molar-refractivity contribution in [2.24, 2.45) is 11.8 Å². The first kappa shape index (κ1) is 19.1. The van der Waals surface area contributed by atoms with Gasteiger partial charge in [0.25, 0.3) is 11.8 Å². The molecular formula is C18H27N3O4. The van der Waals surface area contributed by atoms with Crippen LogP contribution in [-0.2, 0) is 4.79 Å². The smallest absolute Gasteiger partial charge is 0.269 e. The zero-order chi connectivity index (χ0) is 18.4. The predicted octanol–water partition coefficient (Wildman–Crippen LogP) is 1.44. The van der Waals surface area contributed by atoms with E-state index in [1.165, 1.54) is 20.6 Å². The molecule has 1 saturated heterocycles. The summed E-state index contributed by atoms with van der Waals surface area (Å²) in [5.41, 5.74) is 5.28. The van der Waals surface area contributed by atoms with E-state index < -0.39 is 5.91 Å². The minimum atomic E-state index is -0.408. The Morgan fingerprint density at radius 2 is 1.72 bits per heavy atom. The van der Waals surface area contributed by atoms with Gasteiger partial charge in [0.05, 0.1) is 20.8 Å². The zero-order valence-corrected chi connectivity index (χ0v) is 15.3. The quantitative estimate of drug-likeness (QED) is 0.787. The molecule has 7 nitrogen and oxygen atoms in total. The van der Waals surface area contributed by atoms with Crippen molar-refractivity contribution in [3.05, 3.63) is 23.8 Å². The highest BCUT2D eigenvalue weighted by atomic mass is 16.5. The summed E-state index contributed by atoms with van der Waals surface area (Å²) in [5, 5.41) is 0. The lowest BCUT2D eigenvalue weighted by atomic mass is 9.92. The van der Waals surface area contributed by atoms with Crippen molar-refractivity contribution in [3.8, 4) is 11.5 Å². The molecule has 1 fully saturated rings. The van der Waals surface area contributed by atoms with Crippen LogP contribution in [0, 0.1) is 11.8 Å². The van der Waals surface area contributed by atoms with E-state index in [2.05, 4.69) is 29.6 Å². The molecule has 2 rings (SSSR count). The van der Waals surface area contributed by atoms with E-state index in [1.54, 1.807) is 18.2 Å². The molecule has 2 amide bonds. The Balaban J connectivity index is 1.86. The highest BCUT2D eigenvalue weighted by Crippen LogP contribution is 2.27. The minimum Gasteiger partial charge on any atom is -0.493 e. The second-order valence-corrected chi connectivity index (χ2v) is 6.71. The van der Waals surface area contributed by atoms with Crippen LogP contribution in [-0.4, -0.2) is 50.6 Å². The number of rotatable bonds is 5. The maximum atomic E-state index is 12.2. The number of nitrogens with zero attached hydrogens (tertiary/aromatic N) is 1. The highest BCUT2D eigenvalue weighted by molar-refractivity contribution is 5.96. The third-order valence-electron chi connectivity index (χ3n) is 4.27. The molecule has 1 aromatic rings. The molecule has 0 aromatic heterocycles. The maximum Gasteiger partial charge on any atom is 0.269 e. The van der Waals surface area contributed by atoms with Crippen molar-refractivity contribution in [2.75, 3.05) is 33.9 Å². The number of carbonyl (C=O) groups excluding carboxylic acids is 2. The second-order valence-electron chi connectivity index (χ2n) is 6.71. The molecule has 0 radical (unpaired) electrons. The number of hydrazine groups is 1.